The second-order valence-electron chi connectivity index (χ2n) is 3.57. The van der Waals surface area contributed by atoms with Crippen molar-refractivity contribution in [3.63, 3.8) is 0 Å². The molecule has 1 aliphatic rings. The van der Waals surface area contributed by atoms with Crippen LogP contribution in [0.4, 0.5) is 5.69 Å². The predicted molar refractivity (Wildman–Crippen MR) is 64.4 cm³/mol. The number of benzene rings is 1. The van der Waals surface area contributed by atoms with E-state index in [2.05, 4.69) is 26.2 Å². The summed E-state index contributed by atoms with van der Waals surface area (Å²) in [6, 6.07) is 5.47. The lowest BCUT2D eigenvalue weighted by Gasteiger charge is -2.07. The number of aliphatic imine (C=N–C) groups is 1. The van der Waals surface area contributed by atoms with Gasteiger partial charge >= 0.3 is 0 Å². The van der Waals surface area contributed by atoms with Gasteiger partial charge in [-0.25, -0.2) is 0 Å². The van der Waals surface area contributed by atoms with Crippen molar-refractivity contribution < 1.29 is 4.79 Å². The van der Waals surface area contributed by atoms with Crippen LogP contribution in [0.15, 0.2) is 27.7 Å². The van der Waals surface area contributed by atoms with Crippen LogP contribution in [-0.4, -0.2) is 17.7 Å². The highest BCUT2D eigenvalue weighted by molar-refractivity contribution is 9.10. The van der Waals surface area contributed by atoms with Gasteiger partial charge < -0.3 is 5.32 Å². The summed E-state index contributed by atoms with van der Waals surface area (Å²) >= 11 is 3.38. The van der Waals surface area contributed by atoms with Crippen LogP contribution in [0.25, 0.3) is 0 Å². The molecule has 0 aromatic heterocycles. The van der Waals surface area contributed by atoms with E-state index in [4.69, 9.17) is 0 Å². The van der Waals surface area contributed by atoms with E-state index in [9.17, 15) is 4.79 Å². The van der Waals surface area contributed by atoms with Gasteiger partial charge in [-0.3, -0.25) is 9.79 Å². The summed E-state index contributed by atoms with van der Waals surface area (Å²) in [6.07, 6.45) is 0. The Morgan fingerprint density at radius 2 is 2.20 bits per heavy atom. The minimum absolute atomic E-state index is 0.0637. The number of amides is 1. The fraction of sp³-hybridized carbons (Fsp3) is 0.273. The smallest absolute Gasteiger partial charge is 0.248 e. The van der Waals surface area contributed by atoms with E-state index in [1.807, 2.05) is 25.1 Å². The number of anilines is 1. The molecule has 1 aromatic rings. The number of halogens is 1. The summed E-state index contributed by atoms with van der Waals surface area (Å²) in [5.74, 6) is -0.0637. The molecule has 2 rings (SSSR count). The number of rotatable bonds is 0. The first-order chi connectivity index (χ1) is 7.08. The fourth-order valence-corrected chi connectivity index (χ4v) is 1.95. The largest absolute Gasteiger partial charge is 0.324 e. The number of hydrogen-bond donors (Lipinski definition) is 1. The SMILES string of the molecule is CC1=NC(C)C(=O)Nc2cc(Br)ccc21. The maximum absolute atomic E-state index is 11.6. The van der Waals surface area contributed by atoms with Crippen molar-refractivity contribution in [2.45, 2.75) is 19.9 Å². The van der Waals surface area contributed by atoms with E-state index < -0.39 is 0 Å². The molecule has 0 saturated carbocycles. The second-order valence-corrected chi connectivity index (χ2v) is 4.49. The lowest BCUT2D eigenvalue weighted by atomic mass is 10.1. The number of carbonyl (C=O) groups excluding carboxylic acids is 1. The molecule has 78 valence electrons. The van der Waals surface area contributed by atoms with Crippen LogP contribution in [0.3, 0.4) is 0 Å². The molecule has 0 bridgehead atoms. The lowest BCUT2D eigenvalue weighted by Crippen LogP contribution is -2.22. The molecule has 15 heavy (non-hydrogen) atoms. The van der Waals surface area contributed by atoms with E-state index >= 15 is 0 Å². The summed E-state index contributed by atoms with van der Waals surface area (Å²) in [7, 11) is 0. The van der Waals surface area contributed by atoms with Crippen molar-refractivity contribution in [1.82, 2.24) is 0 Å². The van der Waals surface area contributed by atoms with E-state index in [0.717, 1.165) is 21.4 Å². The Hall–Kier alpha value is -1.16. The van der Waals surface area contributed by atoms with Crippen molar-refractivity contribution in [2.24, 2.45) is 4.99 Å². The predicted octanol–water partition coefficient (Wildman–Crippen LogP) is 2.60. The van der Waals surface area contributed by atoms with Gasteiger partial charge in [0.15, 0.2) is 0 Å². The zero-order chi connectivity index (χ0) is 11.0. The zero-order valence-corrected chi connectivity index (χ0v) is 10.1. The molecular formula is C11H11BrN2O. The molecular weight excluding hydrogens is 256 g/mol. The van der Waals surface area contributed by atoms with Gasteiger partial charge in [0.2, 0.25) is 5.91 Å². The Bertz CT molecular complexity index is 454. The van der Waals surface area contributed by atoms with Crippen molar-refractivity contribution in [3.05, 3.63) is 28.2 Å². The molecule has 1 amide bonds. The fourth-order valence-electron chi connectivity index (χ4n) is 1.59. The van der Waals surface area contributed by atoms with Crippen LogP contribution < -0.4 is 5.32 Å². The van der Waals surface area contributed by atoms with Crippen molar-refractivity contribution in [2.75, 3.05) is 5.32 Å². The monoisotopic (exact) mass is 266 g/mol. The van der Waals surface area contributed by atoms with E-state index in [0.29, 0.717) is 0 Å². The number of carbonyl (C=O) groups is 1. The molecule has 0 radical (unpaired) electrons. The standard InChI is InChI=1S/C11H11BrN2O/c1-6-9-4-3-8(12)5-10(9)14-11(15)7(2)13-6/h3-5,7H,1-2H3,(H,14,15). The van der Waals surface area contributed by atoms with Crippen LogP contribution in [0, 0.1) is 0 Å². The molecule has 1 unspecified atom stereocenters. The quantitative estimate of drug-likeness (QED) is 0.771. The molecule has 4 heteroatoms. The van der Waals surface area contributed by atoms with E-state index in [1.54, 1.807) is 6.92 Å². The summed E-state index contributed by atoms with van der Waals surface area (Å²) in [6.45, 7) is 3.71. The van der Waals surface area contributed by atoms with Crippen LogP contribution in [0.5, 0.6) is 0 Å². The third-order valence-electron chi connectivity index (χ3n) is 2.40. The highest BCUT2D eigenvalue weighted by Gasteiger charge is 2.19. The minimum atomic E-state index is -0.323. The van der Waals surface area contributed by atoms with Gasteiger partial charge in [-0.2, -0.15) is 0 Å². The minimum Gasteiger partial charge on any atom is -0.324 e. The second kappa shape index (κ2) is 3.77. The Morgan fingerprint density at radius 3 is 2.93 bits per heavy atom. The molecule has 1 aromatic carbocycles. The first-order valence-electron chi connectivity index (χ1n) is 4.73. The van der Waals surface area contributed by atoms with Gasteiger partial charge in [-0.05, 0) is 32.0 Å². The van der Waals surface area contributed by atoms with Gasteiger partial charge in [0.25, 0.3) is 0 Å². The lowest BCUT2D eigenvalue weighted by molar-refractivity contribution is -0.116. The number of nitrogens with zero attached hydrogens (tertiary/aromatic N) is 1. The molecule has 1 N–H and O–H groups in total. The normalized spacial score (nSPS) is 20.1. The summed E-state index contributed by atoms with van der Waals surface area (Å²) in [5.41, 5.74) is 2.69. The van der Waals surface area contributed by atoms with Crippen molar-refractivity contribution in [1.29, 1.82) is 0 Å². The zero-order valence-electron chi connectivity index (χ0n) is 8.54. The Balaban J connectivity index is 2.57. The van der Waals surface area contributed by atoms with Crippen LogP contribution in [-0.2, 0) is 4.79 Å². The number of hydrogen-bond acceptors (Lipinski definition) is 2. The van der Waals surface area contributed by atoms with Gasteiger partial charge in [-0.15, -0.1) is 0 Å². The first kappa shape index (κ1) is 10.4. The average molecular weight is 267 g/mol. The molecule has 3 nitrogen and oxygen atoms in total. The van der Waals surface area contributed by atoms with E-state index in [1.165, 1.54) is 0 Å². The van der Waals surface area contributed by atoms with Crippen LogP contribution in [0.1, 0.15) is 19.4 Å². The Labute approximate surface area is 96.7 Å². The van der Waals surface area contributed by atoms with Crippen LogP contribution in [0.2, 0.25) is 0 Å². The highest BCUT2D eigenvalue weighted by Crippen LogP contribution is 2.24. The molecule has 0 fully saturated rings. The molecule has 0 saturated heterocycles. The molecule has 0 spiro atoms. The number of benzodiazepines with no additional fused rings is 1. The summed E-state index contributed by atoms with van der Waals surface area (Å²) in [5, 5.41) is 2.86. The Morgan fingerprint density at radius 1 is 1.47 bits per heavy atom. The van der Waals surface area contributed by atoms with Gasteiger partial charge in [0.05, 0.1) is 5.69 Å². The van der Waals surface area contributed by atoms with Crippen LogP contribution >= 0.6 is 15.9 Å². The molecule has 1 heterocycles. The molecule has 1 atom stereocenters. The number of fused-ring (bicyclic) bond motifs is 1. The van der Waals surface area contributed by atoms with Gasteiger partial charge in [0.1, 0.15) is 6.04 Å². The Kier molecular flexibility index (Phi) is 2.61. The highest BCUT2D eigenvalue weighted by atomic mass is 79.9. The molecule has 0 aliphatic carbocycles. The van der Waals surface area contributed by atoms with Gasteiger partial charge in [-0.1, -0.05) is 15.9 Å². The number of nitrogens with one attached hydrogen (secondary N) is 1. The summed E-state index contributed by atoms with van der Waals surface area (Å²) < 4.78 is 0.948. The topological polar surface area (TPSA) is 41.5 Å². The third kappa shape index (κ3) is 1.95. The van der Waals surface area contributed by atoms with E-state index in [-0.39, 0.29) is 11.9 Å². The third-order valence-corrected chi connectivity index (χ3v) is 2.89. The first-order valence-corrected chi connectivity index (χ1v) is 5.52. The van der Waals surface area contributed by atoms with Crippen molar-refractivity contribution in [3.8, 4) is 0 Å². The van der Waals surface area contributed by atoms with Gasteiger partial charge in [0, 0.05) is 15.7 Å². The molecule has 1 aliphatic heterocycles. The maximum atomic E-state index is 11.6. The van der Waals surface area contributed by atoms with Crippen molar-refractivity contribution >= 4 is 33.2 Å². The maximum Gasteiger partial charge on any atom is 0.248 e. The summed E-state index contributed by atoms with van der Waals surface area (Å²) in [4.78, 5) is 15.9. The average Bonchev–Trinajstić information content (AvgIpc) is 2.25.